The molecule has 0 radical (unpaired) electrons. The quantitative estimate of drug-likeness (QED) is 0.852. The van der Waals surface area contributed by atoms with Crippen molar-refractivity contribution in [2.24, 2.45) is 0 Å². The second kappa shape index (κ2) is 6.41. The van der Waals surface area contributed by atoms with Gasteiger partial charge in [0.2, 0.25) is 0 Å². The highest BCUT2D eigenvalue weighted by atomic mass is 19.2. The van der Waals surface area contributed by atoms with E-state index in [4.69, 9.17) is 0 Å². The maximum Gasteiger partial charge on any atom is 0.160 e. The molecule has 0 spiro atoms. The van der Waals surface area contributed by atoms with Gasteiger partial charge >= 0.3 is 0 Å². The van der Waals surface area contributed by atoms with E-state index in [0.717, 1.165) is 50.4 Å². The van der Waals surface area contributed by atoms with Gasteiger partial charge in [0.05, 0.1) is 11.7 Å². The van der Waals surface area contributed by atoms with E-state index >= 15 is 0 Å². The number of benzene rings is 1. The first-order valence-corrected chi connectivity index (χ1v) is 8.98. The lowest BCUT2D eigenvalue weighted by Crippen LogP contribution is -2.56. The molecule has 3 heterocycles. The summed E-state index contributed by atoms with van der Waals surface area (Å²) in [5.74, 6) is -1.55. The molecule has 0 amide bonds. The standard InChI is InChI=1S/C19H24F2N4/c1-13-9-14(2)25(22-13)17-11-24(12-17)15-5-7-23(8-6-15)16-3-4-18(20)19(21)10-16/h3-4,9-10,15,17H,5-8,11-12H2,1-2H3. The van der Waals surface area contributed by atoms with E-state index in [-0.39, 0.29) is 0 Å². The van der Waals surface area contributed by atoms with Gasteiger partial charge in [-0.3, -0.25) is 9.58 Å². The smallest absolute Gasteiger partial charge is 0.160 e. The Morgan fingerprint density at radius 1 is 0.960 bits per heavy atom. The van der Waals surface area contributed by atoms with Gasteiger partial charge in [0.1, 0.15) is 0 Å². The lowest BCUT2D eigenvalue weighted by atomic mass is 9.97. The number of halogens is 2. The van der Waals surface area contributed by atoms with E-state index in [1.165, 1.54) is 17.8 Å². The van der Waals surface area contributed by atoms with Crippen LogP contribution in [-0.4, -0.2) is 46.9 Å². The molecule has 0 atom stereocenters. The summed E-state index contributed by atoms with van der Waals surface area (Å²) in [5.41, 5.74) is 3.09. The van der Waals surface area contributed by atoms with Crippen molar-refractivity contribution >= 4 is 5.69 Å². The Morgan fingerprint density at radius 2 is 1.68 bits per heavy atom. The van der Waals surface area contributed by atoms with Crippen LogP contribution in [0.3, 0.4) is 0 Å². The number of hydrogen-bond donors (Lipinski definition) is 0. The van der Waals surface area contributed by atoms with E-state index in [1.807, 2.05) is 6.92 Å². The zero-order chi connectivity index (χ0) is 17.6. The maximum atomic E-state index is 13.4. The molecule has 2 aliphatic rings. The number of aromatic nitrogens is 2. The van der Waals surface area contributed by atoms with Crippen molar-refractivity contribution < 1.29 is 8.78 Å². The van der Waals surface area contributed by atoms with Crippen LogP contribution in [0.1, 0.15) is 30.3 Å². The van der Waals surface area contributed by atoms with Crippen LogP contribution in [0.4, 0.5) is 14.5 Å². The second-order valence-corrected chi connectivity index (χ2v) is 7.30. The summed E-state index contributed by atoms with van der Waals surface area (Å²) >= 11 is 0. The molecule has 25 heavy (non-hydrogen) atoms. The van der Waals surface area contributed by atoms with Crippen LogP contribution in [0.2, 0.25) is 0 Å². The molecule has 6 heteroatoms. The molecule has 4 nitrogen and oxygen atoms in total. The average molecular weight is 346 g/mol. The van der Waals surface area contributed by atoms with E-state index in [1.54, 1.807) is 6.07 Å². The van der Waals surface area contributed by atoms with Crippen molar-refractivity contribution in [3.05, 3.63) is 47.3 Å². The predicted octanol–water partition coefficient (Wildman–Crippen LogP) is 3.30. The third kappa shape index (κ3) is 3.15. The lowest BCUT2D eigenvalue weighted by Gasteiger charge is -2.47. The molecular formula is C19H24F2N4. The summed E-state index contributed by atoms with van der Waals surface area (Å²) in [7, 11) is 0. The first-order valence-electron chi connectivity index (χ1n) is 8.98. The third-order valence-electron chi connectivity index (χ3n) is 5.53. The average Bonchev–Trinajstić information content (AvgIpc) is 2.88. The Balaban J connectivity index is 1.31. The molecule has 4 rings (SSSR count). The summed E-state index contributed by atoms with van der Waals surface area (Å²) in [6, 6.07) is 7.38. The number of piperidine rings is 1. The number of aryl methyl sites for hydroxylation is 2. The molecule has 1 aromatic heterocycles. The SMILES string of the molecule is Cc1cc(C)n(C2CN(C3CCN(c4ccc(F)c(F)c4)CC3)C2)n1. The van der Waals surface area contributed by atoms with Crippen molar-refractivity contribution in [1.82, 2.24) is 14.7 Å². The van der Waals surface area contributed by atoms with Crippen LogP contribution < -0.4 is 4.90 Å². The van der Waals surface area contributed by atoms with Crippen LogP contribution in [0, 0.1) is 25.5 Å². The van der Waals surface area contributed by atoms with Crippen molar-refractivity contribution in [3.63, 3.8) is 0 Å². The molecule has 2 fully saturated rings. The molecule has 0 unspecified atom stereocenters. The van der Waals surface area contributed by atoms with Crippen LogP contribution in [0.15, 0.2) is 24.3 Å². The monoisotopic (exact) mass is 346 g/mol. The fourth-order valence-electron chi connectivity index (χ4n) is 4.13. The Labute approximate surface area is 147 Å². The van der Waals surface area contributed by atoms with E-state index in [2.05, 4.69) is 32.6 Å². The number of anilines is 1. The predicted molar refractivity (Wildman–Crippen MR) is 93.9 cm³/mol. The van der Waals surface area contributed by atoms with Crippen molar-refractivity contribution in [1.29, 1.82) is 0 Å². The molecule has 2 aliphatic heterocycles. The van der Waals surface area contributed by atoms with Gasteiger partial charge in [-0.1, -0.05) is 0 Å². The van der Waals surface area contributed by atoms with Crippen LogP contribution in [-0.2, 0) is 0 Å². The Bertz CT molecular complexity index is 759. The summed E-state index contributed by atoms with van der Waals surface area (Å²) in [5, 5.41) is 4.59. The molecule has 1 aromatic carbocycles. The van der Waals surface area contributed by atoms with Crippen molar-refractivity contribution in [2.75, 3.05) is 31.1 Å². The fourth-order valence-corrected chi connectivity index (χ4v) is 4.13. The molecule has 0 bridgehead atoms. The highest BCUT2D eigenvalue weighted by Crippen LogP contribution is 2.30. The van der Waals surface area contributed by atoms with Gasteiger partial charge in [-0.2, -0.15) is 5.10 Å². The van der Waals surface area contributed by atoms with Gasteiger partial charge in [-0.25, -0.2) is 8.78 Å². The third-order valence-corrected chi connectivity index (χ3v) is 5.53. The van der Waals surface area contributed by atoms with Gasteiger partial charge in [-0.15, -0.1) is 0 Å². The minimum atomic E-state index is -0.783. The highest BCUT2D eigenvalue weighted by molar-refractivity contribution is 5.47. The van der Waals surface area contributed by atoms with Gasteiger partial charge < -0.3 is 4.90 Å². The van der Waals surface area contributed by atoms with E-state index in [9.17, 15) is 8.78 Å². The normalized spacial score (nSPS) is 20.1. The zero-order valence-electron chi connectivity index (χ0n) is 14.8. The topological polar surface area (TPSA) is 24.3 Å². The molecule has 2 saturated heterocycles. The number of likely N-dealkylation sites (tertiary alicyclic amines) is 1. The fraction of sp³-hybridized carbons (Fsp3) is 0.526. The minimum absolute atomic E-state index is 0.484. The second-order valence-electron chi connectivity index (χ2n) is 7.30. The minimum Gasteiger partial charge on any atom is -0.371 e. The Kier molecular flexibility index (Phi) is 4.23. The molecular weight excluding hydrogens is 322 g/mol. The number of rotatable bonds is 3. The van der Waals surface area contributed by atoms with Gasteiger partial charge in [0.15, 0.2) is 11.6 Å². The Hall–Kier alpha value is -1.95. The largest absolute Gasteiger partial charge is 0.371 e. The van der Waals surface area contributed by atoms with Gasteiger partial charge in [0.25, 0.3) is 0 Å². The zero-order valence-corrected chi connectivity index (χ0v) is 14.8. The van der Waals surface area contributed by atoms with Gasteiger partial charge in [-0.05, 0) is 44.9 Å². The first-order chi connectivity index (χ1) is 12.0. The van der Waals surface area contributed by atoms with Crippen LogP contribution in [0.5, 0.6) is 0 Å². The molecule has 134 valence electrons. The summed E-state index contributed by atoms with van der Waals surface area (Å²) in [6.45, 7) is 8.03. The lowest BCUT2D eigenvalue weighted by molar-refractivity contribution is 0.0407. The maximum absolute atomic E-state index is 13.4. The van der Waals surface area contributed by atoms with Crippen LogP contribution in [0.25, 0.3) is 0 Å². The number of nitrogens with zero attached hydrogens (tertiary/aromatic N) is 4. The van der Waals surface area contributed by atoms with Gasteiger partial charge in [0, 0.05) is 49.7 Å². The van der Waals surface area contributed by atoms with Crippen molar-refractivity contribution in [3.8, 4) is 0 Å². The summed E-state index contributed by atoms with van der Waals surface area (Å²) < 4.78 is 28.7. The number of hydrogen-bond acceptors (Lipinski definition) is 3. The van der Waals surface area contributed by atoms with Crippen LogP contribution >= 0.6 is 0 Å². The summed E-state index contributed by atoms with van der Waals surface area (Å²) in [6.07, 6.45) is 2.12. The molecule has 0 aliphatic carbocycles. The highest BCUT2D eigenvalue weighted by Gasteiger charge is 2.36. The molecule has 2 aromatic rings. The molecule has 0 N–H and O–H groups in total. The van der Waals surface area contributed by atoms with E-state index < -0.39 is 11.6 Å². The van der Waals surface area contributed by atoms with E-state index in [0.29, 0.717) is 12.1 Å². The summed E-state index contributed by atoms with van der Waals surface area (Å²) in [4.78, 5) is 4.68. The Morgan fingerprint density at radius 3 is 2.28 bits per heavy atom. The van der Waals surface area contributed by atoms with Crippen molar-refractivity contribution in [2.45, 2.75) is 38.8 Å². The molecule has 0 saturated carbocycles. The first kappa shape index (κ1) is 16.5.